The van der Waals surface area contributed by atoms with Crippen LogP contribution in [0.5, 0.6) is 0 Å². The topological polar surface area (TPSA) is 73.5 Å². The van der Waals surface area contributed by atoms with Crippen LogP contribution in [0.3, 0.4) is 0 Å². The summed E-state index contributed by atoms with van der Waals surface area (Å²) in [5, 5.41) is 10.2. The van der Waals surface area contributed by atoms with Crippen LogP contribution in [-0.2, 0) is 11.3 Å². The van der Waals surface area contributed by atoms with Crippen molar-refractivity contribution in [1.82, 2.24) is 20.9 Å². The zero-order chi connectivity index (χ0) is 16.5. The summed E-state index contributed by atoms with van der Waals surface area (Å²) in [6.45, 7) is 3.66. The molecule has 128 valence electrons. The fraction of sp³-hybridized carbons (Fsp3) is 0.625. The number of thiophene rings is 1. The molecular formula is C16H26N4O2S. The van der Waals surface area contributed by atoms with E-state index in [-0.39, 0.29) is 5.91 Å². The van der Waals surface area contributed by atoms with E-state index in [1.165, 1.54) is 6.42 Å². The summed E-state index contributed by atoms with van der Waals surface area (Å²) in [6.07, 6.45) is 3.45. The maximum Gasteiger partial charge on any atom is 0.321 e. The van der Waals surface area contributed by atoms with Gasteiger partial charge in [-0.05, 0) is 63.3 Å². The van der Waals surface area contributed by atoms with Gasteiger partial charge in [0.1, 0.15) is 0 Å². The fourth-order valence-electron chi connectivity index (χ4n) is 2.78. The monoisotopic (exact) mass is 338 g/mol. The molecule has 1 aromatic heterocycles. The van der Waals surface area contributed by atoms with Crippen molar-refractivity contribution in [3.05, 3.63) is 22.4 Å². The van der Waals surface area contributed by atoms with Crippen LogP contribution in [-0.4, -0.2) is 50.1 Å². The van der Waals surface area contributed by atoms with Crippen LogP contribution in [0.15, 0.2) is 17.5 Å². The molecule has 0 radical (unpaired) electrons. The molecule has 0 spiro atoms. The van der Waals surface area contributed by atoms with Crippen LogP contribution in [0.25, 0.3) is 0 Å². The lowest BCUT2D eigenvalue weighted by Gasteiger charge is -2.31. The maximum absolute atomic E-state index is 11.9. The third-order valence-corrected chi connectivity index (χ3v) is 5.01. The molecule has 0 saturated carbocycles. The Kier molecular flexibility index (Phi) is 7.51. The number of piperidine rings is 1. The summed E-state index contributed by atoms with van der Waals surface area (Å²) in [6, 6.07) is 3.46. The molecule has 23 heavy (non-hydrogen) atoms. The third-order valence-electron chi connectivity index (χ3n) is 4.13. The second-order valence-electron chi connectivity index (χ2n) is 5.92. The quantitative estimate of drug-likeness (QED) is 0.702. The lowest BCUT2D eigenvalue weighted by Crippen LogP contribution is -2.46. The molecule has 0 aliphatic carbocycles. The maximum atomic E-state index is 11.9. The average molecular weight is 338 g/mol. The van der Waals surface area contributed by atoms with Crippen molar-refractivity contribution in [3.8, 4) is 0 Å². The number of rotatable bonds is 7. The number of amides is 3. The molecule has 1 aliphatic heterocycles. The predicted molar refractivity (Wildman–Crippen MR) is 92.4 cm³/mol. The van der Waals surface area contributed by atoms with Crippen LogP contribution in [0, 0.1) is 5.92 Å². The van der Waals surface area contributed by atoms with Crippen LogP contribution < -0.4 is 16.0 Å². The normalized spacial score (nSPS) is 16.2. The molecule has 3 amide bonds. The van der Waals surface area contributed by atoms with Gasteiger partial charge in [-0.2, -0.15) is 0 Å². The highest BCUT2D eigenvalue weighted by Crippen LogP contribution is 2.19. The molecule has 6 nitrogen and oxygen atoms in total. The Labute approximate surface area is 141 Å². The Hall–Kier alpha value is -1.44. The Morgan fingerprint density at radius 3 is 2.78 bits per heavy atom. The van der Waals surface area contributed by atoms with E-state index in [0.717, 1.165) is 43.3 Å². The Morgan fingerprint density at radius 2 is 2.13 bits per heavy atom. The first kappa shape index (κ1) is 17.9. The van der Waals surface area contributed by atoms with Crippen molar-refractivity contribution in [2.45, 2.75) is 25.8 Å². The van der Waals surface area contributed by atoms with E-state index in [9.17, 15) is 9.59 Å². The minimum Gasteiger partial charge on any atom is -0.333 e. The molecule has 1 saturated heterocycles. The summed E-state index contributed by atoms with van der Waals surface area (Å²) in [4.78, 5) is 26.8. The van der Waals surface area contributed by atoms with Crippen molar-refractivity contribution in [2.75, 3.05) is 33.2 Å². The van der Waals surface area contributed by atoms with Gasteiger partial charge >= 0.3 is 6.03 Å². The minimum absolute atomic E-state index is 0.234. The summed E-state index contributed by atoms with van der Waals surface area (Å²) in [7, 11) is 1.98. The molecule has 3 N–H and O–H groups in total. The molecule has 2 heterocycles. The molecule has 1 aliphatic rings. The van der Waals surface area contributed by atoms with Gasteiger partial charge in [0.05, 0.1) is 13.1 Å². The van der Waals surface area contributed by atoms with Gasteiger partial charge in [0.2, 0.25) is 5.91 Å². The van der Waals surface area contributed by atoms with E-state index < -0.39 is 6.03 Å². The number of carbonyl (C=O) groups is 2. The largest absolute Gasteiger partial charge is 0.333 e. The van der Waals surface area contributed by atoms with Crippen molar-refractivity contribution in [2.24, 2.45) is 5.92 Å². The minimum atomic E-state index is -0.424. The molecule has 2 rings (SSSR count). The van der Waals surface area contributed by atoms with E-state index in [1.54, 1.807) is 11.3 Å². The number of hydrogen-bond acceptors (Lipinski definition) is 5. The van der Waals surface area contributed by atoms with Gasteiger partial charge in [-0.15, -0.1) is 11.3 Å². The summed E-state index contributed by atoms with van der Waals surface area (Å²) in [5.74, 6) is 0.512. The first-order valence-corrected chi connectivity index (χ1v) is 9.02. The standard InChI is InChI=1S/C16H26N4O2S/c1-17-7-4-13-5-8-20(9-6-13)12-15(21)19-16(22)18-11-14-3-2-10-23-14/h2-3,10,13,17H,4-9,11-12H2,1H3,(H2,18,19,21,22). The van der Waals surface area contributed by atoms with Crippen LogP contribution in [0.2, 0.25) is 0 Å². The van der Waals surface area contributed by atoms with Crippen molar-refractivity contribution in [3.63, 3.8) is 0 Å². The van der Waals surface area contributed by atoms with Crippen LogP contribution in [0.1, 0.15) is 24.1 Å². The molecule has 1 aromatic rings. The van der Waals surface area contributed by atoms with Crippen LogP contribution in [0.4, 0.5) is 4.79 Å². The van der Waals surface area contributed by atoms with Gasteiger partial charge < -0.3 is 10.6 Å². The number of carbonyl (C=O) groups excluding carboxylic acids is 2. The zero-order valence-corrected chi connectivity index (χ0v) is 14.5. The van der Waals surface area contributed by atoms with E-state index in [0.29, 0.717) is 13.1 Å². The number of nitrogens with one attached hydrogen (secondary N) is 3. The SMILES string of the molecule is CNCCC1CCN(CC(=O)NC(=O)NCc2cccs2)CC1. The Balaban J connectivity index is 1.60. The number of urea groups is 1. The third kappa shape index (κ3) is 6.68. The zero-order valence-electron chi connectivity index (χ0n) is 13.6. The van der Waals surface area contributed by atoms with Gasteiger partial charge in [0.25, 0.3) is 0 Å². The number of likely N-dealkylation sites (tertiary alicyclic amines) is 1. The van der Waals surface area contributed by atoms with E-state index in [4.69, 9.17) is 0 Å². The lowest BCUT2D eigenvalue weighted by molar-refractivity contribution is -0.121. The molecule has 0 bridgehead atoms. The number of hydrogen-bond donors (Lipinski definition) is 3. The molecule has 0 unspecified atom stereocenters. The smallest absolute Gasteiger partial charge is 0.321 e. The summed E-state index contributed by atoms with van der Waals surface area (Å²) < 4.78 is 0. The second-order valence-corrected chi connectivity index (χ2v) is 6.95. The molecule has 0 aromatic carbocycles. The van der Waals surface area contributed by atoms with Gasteiger partial charge in [-0.3, -0.25) is 15.0 Å². The van der Waals surface area contributed by atoms with Gasteiger partial charge in [-0.1, -0.05) is 6.07 Å². The summed E-state index contributed by atoms with van der Waals surface area (Å²) >= 11 is 1.58. The molecule has 7 heteroatoms. The molecule has 1 fully saturated rings. The summed E-state index contributed by atoms with van der Waals surface area (Å²) in [5.41, 5.74) is 0. The van der Waals surface area contributed by atoms with Crippen molar-refractivity contribution >= 4 is 23.3 Å². The molecular weight excluding hydrogens is 312 g/mol. The Morgan fingerprint density at radius 1 is 1.35 bits per heavy atom. The highest BCUT2D eigenvalue weighted by Gasteiger charge is 2.21. The van der Waals surface area contributed by atoms with Crippen molar-refractivity contribution in [1.29, 1.82) is 0 Å². The van der Waals surface area contributed by atoms with Crippen molar-refractivity contribution < 1.29 is 9.59 Å². The first-order valence-electron chi connectivity index (χ1n) is 8.14. The Bertz CT molecular complexity index is 484. The number of nitrogens with zero attached hydrogens (tertiary/aromatic N) is 1. The van der Waals surface area contributed by atoms with Gasteiger partial charge in [-0.25, -0.2) is 4.79 Å². The van der Waals surface area contributed by atoms with E-state index in [1.807, 2.05) is 24.6 Å². The van der Waals surface area contributed by atoms with E-state index >= 15 is 0 Å². The highest BCUT2D eigenvalue weighted by molar-refractivity contribution is 7.09. The lowest BCUT2D eigenvalue weighted by atomic mass is 9.93. The second kappa shape index (κ2) is 9.64. The highest BCUT2D eigenvalue weighted by atomic mass is 32.1. The molecule has 0 atom stereocenters. The number of imide groups is 1. The van der Waals surface area contributed by atoms with E-state index in [2.05, 4.69) is 20.9 Å². The fourth-order valence-corrected chi connectivity index (χ4v) is 3.42. The predicted octanol–water partition coefficient (Wildman–Crippen LogP) is 1.40. The van der Waals surface area contributed by atoms with Gasteiger partial charge in [0.15, 0.2) is 0 Å². The van der Waals surface area contributed by atoms with Crippen LogP contribution >= 0.6 is 11.3 Å². The first-order chi connectivity index (χ1) is 11.2. The van der Waals surface area contributed by atoms with Gasteiger partial charge in [0, 0.05) is 4.88 Å². The average Bonchev–Trinajstić information content (AvgIpc) is 3.05.